The third-order valence-electron chi connectivity index (χ3n) is 4.93. The number of methoxy groups -OCH3 is 2. The lowest BCUT2D eigenvalue weighted by molar-refractivity contribution is -0.121. The van der Waals surface area contributed by atoms with Crippen LogP contribution in [0.15, 0.2) is 82.8 Å². The van der Waals surface area contributed by atoms with Gasteiger partial charge in [-0.25, -0.2) is 13.8 Å². The fourth-order valence-corrected chi connectivity index (χ4v) is 4.37. The summed E-state index contributed by atoms with van der Waals surface area (Å²) >= 11 is 0. The molecular weight excluding hydrogens is 470 g/mol. The summed E-state index contributed by atoms with van der Waals surface area (Å²) in [5, 5.41) is 3.92. The molecule has 0 atom stereocenters. The molecule has 10 heteroatoms. The number of hydrogen-bond acceptors (Lipinski definition) is 7. The fraction of sp³-hybridized carbons (Fsp3) is 0.200. The monoisotopic (exact) mass is 497 g/mol. The van der Waals surface area contributed by atoms with Crippen LogP contribution in [0.5, 0.6) is 17.2 Å². The number of carbonyl (C=O) groups is 1. The number of ether oxygens (including phenoxy) is 3. The van der Waals surface area contributed by atoms with Gasteiger partial charge in [0.05, 0.1) is 27.0 Å². The molecule has 0 unspecified atom stereocenters. The van der Waals surface area contributed by atoms with E-state index < -0.39 is 22.5 Å². The van der Waals surface area contributed by atoms with Gasteiger partial charge in [0, 0.05) is 13.1 Å². The first-order valence-corrected chi connectivity index (χ1v) is 12.0. The zero-order chi connectivity index (χ0) is 25.3. The Hall–Kier alpha value is -3.89. The summed E-state index contributed by atoms with van der Waals surface area (Å²) in [6.07, 6.45) is 1.45. The Kier molecular flexibility index (Phi) is 8.82. The Morgan fingerprint density at radius 2 is 1.74 bits per heavy atom. The average molecular weight is 498 g/mol. The maximum atomic E-state index is 13.0. The van der Waals surface area contributed by atoms with Crippen molar-refractivity contribution in [1.82, 2.24) is 9.73 Å². The van der Waals surface area contributed by atoms with Crippen LogP contribution >= 0.6 is 0 Å². The number of benzene rings is 3. The summed E-state index contributed by atoms with van der Waals surface area (Å²) in [5.41, 5.74) is 4.09. The molecule has 1 N–H and O–H groups in total. The van der Waals surface area contributed by atoms with Crippen molar-refractivity contribution in [3.05, 3.63) is 83.9 Å². The molecule has 0 radical (unpaired) electrons. The van der Waals surface area contributed by atoms with Crippen molar-refractivity contribution in [3.8, 4) is 17.2 Å². The lowest BCUT2D eigenvalue weighted by Crippen LogP contribution is -2.36. The van der Waals surface area contributed by atoms with Crippen molar-refractivity contribution in [3.63, 3.8) is 0 Å². The summed E-state index contributed by atoms with van der Waals surface area (Å²) in [6, 6.07) is 21.4. The highest BCUT2D eigenvalue weighted by atomic mass is 32.2. The fourth-order valence-electron chi connectivity index (χ4n) is 3.08. The van der Waals surface area contributed by atoms with E-state index in [9.17, 15) is 13.2 Å². The Morgan fingerprint density at radius 1 is 0.971 bits per heavy atom. The Bertz CT molecular complexity index is 1280. The summed E-state index contributed by atoms with van der Waals surface area (Å²) in [5.74, 6) is 0.542. The topological polar surface area (TPSA) is 107 Å². The number of nitrogens with zero attached hydrogens (tertiary/aromatic N) is 2. The molecule has 0 spiro atoms. The predicted octanol–water partition coefficient (Wildman–Crippen LogP) is 3.05. The van der Waals surface area contributed by atoms with Crippen LogP contribution in [0.3, 0.4) is 0 Å². The molecule has 0 saturated carbocycles. The van der Waals surface area contributed by atoms with E-state index in [1.807, 2.05) is 42.5 Å². The number of hydrogen-bond donors (Lipinski definition) is 1. The summed E-state index contributed by atoms with van der Waals surface area (Å²) in [6.45, 7) is -0.0165. The van der Waals surface area contributed by atoms with E-state index >= 15 is 0 Å². The van der Waals surface area contributed by atoms with Crippen LogP contribution in [0.1, 0.15) is 11.1 Å². The Labute approximate surface area is 205 Å². The minimum absolute atomic E-state index is 0.106. The van der Waals surface area contributed by atoms with Gasteiger partial charge in [-0.3, -0.25) is 4.79 Å². The van der Waals surface area contributed by atoms with Gasteiger partial charge in [-0.15, -0.1) is 0 Å². The van der Waals surface area contributed by atoms with Gasteiger partial charge in [0.1, 0.15) is 28.8 Å². The van der Waals surface area contributed by atoms with Crippen LogP contribution in [0.4, 0.5) is 0 Å². The van der Waals surface area contributed by atoms with Gasteiger partial charge in [0.15, 0.2) is 0 Å². The number of sulfonamides is 1. The highest BCUT2D eigenvalue weighted by Crippen LogP contribution is 2.30. The molecular formula is C25H27N3O6S. The molecule has 3 aromatic carbocycles. The zero-order valence-electron chi connectivity index (χ0n) is 19.7. The maximum Gasteiger partial charge on any atom is 0.255 e. The van der Waals surface area contributed by atoms with E-state index in [-0.39, 0.29) is 10.6 Å². The molecule has 0 aliphatic rings. The molecule has 0 aliphatic carbocycles. The molecule has 0 saturated heterocycles. The standard InChI is InChI=1S/C25H27N3O6S/c1-28(35(30,31)24-15-21(32-2)12-13-23(24)33-3)17-25(29)27-26-16-20-10-7-11-22(14-20)34-18-19-8-5-4-6-9-19/h4-16H,17-18H2,1-3H3,(H,27,29)/b26-16-. The van der Waals surface area contributed by atoms with E-state index in [1.54, 1.807) is 18.2 Å². The largest absolute Gasteiger partial charge is 0.497 e. The van der Waals surface area contributed by atoms with Crippen LogP contribution < -0.4 is 19.6 Å². The van der Waals surface area contributed by atoms with Gasteiger partial charge in [-0.05, 0) is 35.4 Å². The van der Waals surface area contributed by atoms with Gasteiger partial charge < -0.3 is 14.2 Å². The number of nitrogens with one attached hydrogen (secondary N) is 1. The van der Waals surface area contributed by atoms with Gasteiger partial charge in [0.2, 0.25) is 10.0 Å². The zero-order valence-corrected chi connectivity index (χ0v) is 20.5. The molecule has 0 bridgehead atoms. The van der Waals surface area contributed by atoms with Crippen molar-refractivity contribution in [2.45, 2.75) is 11.5 Å². The summed E-state index contributed by atoms with van der Waals surface area (Å²) < 4.78 is 42.9. The third-order valence-corrected chi connectivity index (χ3v) is 6.76. The van der Waals surface area contributed by atoms with Crippen LogP contribution in [-0.4, -0.2) is 52.7 Å². The van der Waals surface area contributed by atoms with Crippen molar-refractivity contribution >= 4 is 22.1 Å². The predicted molar refractivity (Wildman–Crippen MR) is 132 cm³/mol. The number of likely N-dealkylation sites (N-methyl/N-ethyl adjacent to an activating group) is 1. The maximum absolute atomic E-state index is 13.0. The molecule has 3 rings (SSSR count). The number of carbonyl (C=O) groups excluding carboxylic acids is 1. The van der Waals surface area contributed by atoms with Crippen LogP contribution in [-0.2, 0) is 21.4 Å². The first-order valence-electron chi connectivity index (χ1n) is 10.6. The lowest BCUT2D eigenvalue weighted by atomic mass is 10.2. The van der Waals surface area contributed by atoms with Crippen molar-refractivity contribution in [2.75, 3.05) is 27.8 Å². The molecule has 9 nitrogen and oxygen atoms in total. The smallest absolute Gasteiger partial charge is 0.255 e. The van der Waals surface area contributed by atoms with E-state index in [0.717, 1.165) is 9.87 Å². The number of hydrazone groups is 1. The third kappa shape index (κ3) is 7.05. The quantitative estimate of drug-likeness (QED) is 0.322. The molecule has 3 aromatic rings. The van der Waals surface area contributed by atoms with Gasteiger partial charge in [-0.2, -0.15) is 9.41 Å². The van der Waals surface area contributed by atoms with Crippen LogP contribution in [0.2, 0.25) is 0 Å². The van der Waals surface area contributed by atoms with Crippen molar-refractivity contribution < 1.29 is 27.4 Å². The van der Waals surface area contributed by atoms with Crippen LogP contribution in [0, 0.1) is 0 Å². The molecule has 35 heavy (non-hydrogen) atoms. The molecule has 0 aromatic heterocycles. The minimum Gasteiger partial charge on any atom is -0.497 e. The van der Waals surface area contributed by atoms with Gasteiger partial charge >= 0.3 is 0 Å². The summed E-state index contributed by atoms with van der Waals surface area (Å²) in [7, 11) is 0.0684. The number of amides is 1. The van der Waals surface area contributed by atoms with E-state index in [0.29, 0.717) is 23.7 Å². The van der Waals surface area contributed by atoms with Crippen LogP contribution in [0.25, 0.3) is 0 Å². The highest BCUT2D eigenvalue weighted by Gasteiger charge is 2.27. The second-order valence-corrected chi connectivity index (χ2v) is 9.43. The highest BCUT2D eigenvalue weighted by molar-refractivity contribution is 7.89. The first-order chi connectivity index (χ1) is 16.8. The Balaban J connectivity index is 1.58. The van der Waals surface area contributed by atoms with E-state index in [4.69, 9.17) is 14.2 Å². The SMILES string of the molecule is COc1ccc(OC)c(S(=O)(=O)N(C)CC(=O)N/N=C\c2cccc(OCc3ccccc3)c2)c1. The molecule has 0 heterocycles. The van der Waals surface area contributed by atoms with Crippen molar-refractivity contribution in [2.24, 2.45) is 5.10 Å². The van der Waals surface area contributed by atoms with E-state index in [2.05, 4.69) is 10.5 Å². The van der Waals surface area contributed by atoms with Crippen molar-refractivity contribution in [1.29, 1.82) is 0 Å². The first kappa shape index (κ1) is 25.7. The molecule has 1 amide bonds. The molecule has 0 aliphatic heterocycles. The molecule has 0 fully saturated rings. The second-order valence-electron chi connectivity index (χ2n) is 7.42. The minimum atomic E-state index is -4.02. The van der Waals surface area contributed by atoms with E-state index in [1.165, 1.54) is 39.6 Å². The number of rotatable bonds is 11. The van der Waals surface area contributed by atoms with Gasteiger partial charge in [-0.1, -0.05) is 42.5 Å². The molecule has 184 valence electrons. The normalized spacial score (nSPS) is 11.4. The lowest BCUT2D eigenvalue weighted by Gasteiger charge is -2.18. The summed E-state index contributed by atoms with van der Waals surface area (Å²) in [4.78, 5) is 12.2. The second kappa shape index (κ2) is 12.0. The van der Waals surface area contributed by atoms with Gasteiger partial charge in [0.25, 0.3) is 5.91 Å². The Morgan fingerprint density at radius 3 is 2.46 bits per heavy atom. The average Bonchev–Trinajstić information content (AvgIpc) is 2.87.